The zero-order chi connectivity index (χ0) is 12.5. The van der Waals surface area contributed by atoms with Crippen LogP contribution in [0.4, 0.5) is 0 Å². The number of nitrogens with zero attached hydrogens (tertiary/aromatic N) is 1. The molecule has 0 spiro atoms. The Morgan fingerprint density at radius 1 is 1.35 bits per heavy atom. The third-order valence-corrected chi connectivity index (χ3v) is 7.06. The number of rotatable bonds is 4. The zero-order valence-electron chi connectivity index (χ0n) is 10.9. The van der Waals surface area contributed by atoms with Crippen molar-refractivity contribution in [3.05, 3.63) is 42.5 Å². The molecule has 1 aromatic rings. The van der Waals surface area contributed by atoms with Crippen LogP contribution in [0.2, 0.25) is 13.1 Å². The maximum absolute atomic E-state index is 5.71. The van der Waals surface area contributed by atoms with Crippen LogP contribution in [-0.4, -0.2) is 32.5 Å². The lowest BCUT2D eigenvalue weighted by Gasteiger charge is -2.50. The van der Waals surface area contributed by atoms with Crippen LogP contribution in [0.15, 0.2) is 36.9 Å². The molecule has 0 N–H and O–H groups in total. The molecule has 1 saturated heterocycles. The first-order valence-electron chi connectivity index (χ1n) is 6.12. The van der Waals surface area contributed by atoms with E-state index in [-0.39, 0.29) is 0 Å². The van der Waals surface area contributed by atoms with Gasteiger partial charge in [-0.05, 0) is 25.1 Å². The van der Waals surface area contributed by atoms with Crippen molar-refractivity contribution >= 4 is 14.0 Å². The molecular weight excluding hydrogens is 226 g/mol. The zero-order valence-corrected chi connectivity index (χ0v) is 11.9. The Morgan fingerprint density at radius 2 is 2.00 bits per heavy atom. The van der Waals surface area contributed by atoms with Crippen molar-refractivity contribution in [3.63, 3.8) is 0 Å². The largest absolute Gasteiger partial charge is 0.418 e. The van der Waals surface area contributed by atoms with E-state index >= 15 is 0 Å². The summed E-state index contributed by atoms with van der Waals surface area (Å²) in [5, 5.41) is 0. The first-order chi connectivity index (χ1) is 8.06. The Labute approximate surface area is 105 Å². The summed E-state index contributed by atoms with van der Waals surface area (Å²) in [5.74, 6) is 0. The molecule has 0 aliphatic carbocycles. The highest BCUT2D eigenvalue weighted by molar-refractivity contribution is 6.73. The van der Waals surface area contributed by atoms with Gasteiger partial charge in [0, 0.05) is 25.0 Å². The minimum Gasteiger partial charge on any atom is -0.418 e. The molecule has 0 saturated carbocycles. The standard InChI is InChI=1S/C14H21NOSi/c1-12(13-8-6-5-7-9-13)15-11-10-14(15)17(3,4)16-2/h5-9,14H,1,10-11H2,2-4H3. The van der Waals surface area contributed by atoms with Crippen LogP contribution < -0.4 is 0 Å². The molecule has 1 fully saturated rings. The van der Waals surface area contributed by atoms with Crippen molar-refractivity contribution in [2.45, 2.75) is 25.2 Å². The Hall–Kier alpha value is -1.06. The Bertz CT molecular complexity index is 402. The lowest BCUT2D eigenvalue weighted by atomic mass is 10.1. The summed E-state index contributed by atoms with van der Waals surface area (Å²) in [7, 11) is 0.254. The first kappa shape index (κ1) is 12.4. The maximum atomic E-state index is 5.71. The van der Waals surface area contributed by atoms with Crippen LogP contribution in [0, 0.1) is 0 Å². The summed E-state index contributed by atoms with van der Waals surface area (Å²) < 4.78 is 5.71. The summed E-state index contributed by atoms with van der Waals surface area (Å²) >= 11 is 0. The van der Waals surface area contributed by atoms with Crippen molar-refractivity contribution in [3.8, 4) is 0 Å². The lowest BCUT2D eigenvalue weighted by molar-refractivity contribution is 0.203. The van der Waals surface area contributed by atoms with Crippen LogP contribution in [0.25, 0.3) is 5.70 Å². The van der Waals surface area contributed by atoms with E-state index in [0.717, 1.165) is 12.2 Å². The normalized spacial score (nSPS) is 19.9. The number of hydrogen-bond donors (Lipinski definition) is 0. The van der Waals surface area contributed by atoms with Gasteiger partial charge in [0.05, 0.1) is 0 Å². The fourth-order valence-corrected chi connectivity index (χ4v) is 4.50. The van der Waals surface area contributed by atoms with Gasteiger partial charge in [0.2, 0.25) is 8.32 Å². The Morgan fingerprint density at radius 3 is 2.47 bits per heavy atom. The second-order valence-corrected chi connectivity index (χ2v) is 9.40. The quantitative estimate of drug-likeness (QED) is 0.758. The molecule has 0 aromatic heterocycles. The molecule has 92 valence electrons. The van der Waals surface area contributed by atoms with E-state index < -0.39 is 8.32 Å². The molecule has 0 amide bonds. The molecule has 1 atom stereocenters. The molecule has 17 heavy (non-hydrogen) atoms. The third-order valence-electron chi connectivity index (χ3n) is 3.80. The van der Waals surface area contributed by atoms with Gasteiger partial charge >= 0.3 is 0 Å². The van der Waals surface area contributed by atoms with Gasteiger partial charge in [-0.1, -0.05) is 36.9 Å². The van der Waals surface area contributed by atoms with E-state index in [0.29, 0.717) is 5.67 Å². The SMILES string of the molecule is C=C(c1ccccc1)N1CCC1[Si](C)(C)OC. The van der Waals surface area contributed by atoms with Gasteiger partial charge in [-0.25, -0.2) is 0 Å². The smallest absolute Gasteiger partial charge is 0.208 e. The van der Waals surface area contributed by atoms with E-state index in [4.69, 9.17) is 4.43 Å². The topological polar surface area (TPSA) is 12.5 Å². The van der Waals surface area contributed by atoms with Crippen LogP contribution in [0.1, 0.15) is 12.0 Å². The van der Waals surface area contributed by atoms with Crippen molar-refractivity contribution in [1.29, 1.82) is 0 Å². The molecule has 1 heterocycles. The summed E-state index contributed by atoms with van der Waals surface area (Å²) in [5.41, 5.74) is 2.93. The van der Waals surface area contributed by atoms with Gasteiger partial charge in [-0.3, -0.25) is 0 Å². The highest BCUT2D eigenvalue weighted by atomic mass is 28.4. The Kier molecular flexibility index (Phi) is 3.40. The average molecular weight is 247 g/mol. The molecule has 1 aromatic carbocycles. The van der Waals surface area contributed by atoms with Crippen molar-refractivity contribution in [1.82, 2.24) is 4.90 Å². The van der Waals surface area contributed by atoms with Gasteiger partial charge in [0.25, 0.3) is 0 Å². The first-order valence-corrected chi connectivity index (χ1v) is 9.11. The van der Waals surface area contributed by atoms with Crippen LogP contribution in [0.5, 0.6) is 0 Å². The molecule has 1 unspecified atom stereocenters. The van der Waals surface area contributed by atoms with Crippen LogP contribution in [0.3, 0.4) is 0 Å². The minimum absolute atomic E-state index is 0.570. The molecule has 1 aliphatic heterocycles. The van der Waals surface area contributed by atoms with E-state index in [1.54, 1.807) is 0 Å². The van der Waals surface area contributed by atoms with Crippen LogP contribution in [-0.2, 0) is 4.43 Å². The highest BCUT2D eigenvalue weighted by Crippen LogP contribution is 2.33. The third kappa shape index (κ3) is 2.30. The number of benzene rings is 1. The predicted molar refractivity (Wildman–Crippen MR) is 75.1 cm³/mol. The monoisotopic (exact) mass is 247 g/mol. The maximum Gasteiger partial charge on any atom is 0.208 e. The molecular formula is C14H21NOSi. The van der Waals surface area contributed by atoms with Crippen LogP contribution >= 0.6 is 0 Å². The fourth-order valence-electron chi connectivity index (χ4n) is 2.37. The van der Waals surface area contributed by atoms with Crippen molar-refractivity contribution < 1.29 is 4.43 Å². The van der Waals surface area contributed by atoms with Crippen molar-refractivity contribution in [2.75, 3.05) is 13.7 Å². The molecule has 0 bridgehead atoms. The lowest BCUT2D eigenvalue weighted by Crippen LogP contribution is -2.61. The van der Waals surface area contributed by atoms with Gasteiger partial charge in [0.15, 0.2) is 0 Å². The van der Waals surface area contributed by atoms with E-state index in [2.05, 4.69) is 48.8 Å². The second kappa shape index (κ2) is 4.67. The van der Waals surface area contributed by atoms with Crippen molar-refractivity contribution in [2.24, 2.45) is 0 Å². The second-order valence-electron chi connectivity index (χ2n) is 5.12. The fraction of sp³-hybridized carbons (Fsp3) is 0.429. The van der Waals surface area contributed by atoms with Gasteiger partial charge in [-0.2, -0.15) is 0 Å². The van der Waals surface area contributed by atoms with Gasteiger partial charge in [0.1, 0.15) is 0 Å². The summed E-state index contributed by atoms with van der Waals surface area (Å²) in [4.78, 5) is 2.41. The predicted octanol–water partition coefficient (Wildman–Crippen LogP) is 3.12. The molecule has 2 rings (SSSR count). The number of hydrogen-bond acceptors (Lipinski definition) is 2. The molecule has 0 radical (unpaired) electrons. The van der Waals surface area contributed by atoms with Gasteiger partial charge in [-0.15, -0.1) is 0 Å². The van der Waals surface area contributed by atoms with E-state index in [1.807, 2.05) is 13.2 Å². The molecule has 3 heteroatoms. The summed E-state index contributed by atoms with van der Waals surface area (Å²) in [6, 6.07) is 10.4. The summed E-state index contributed by atoms with van der Waals surface area (Å²) in [6.07, 6.45) is 1.24. The Balaban J connectivity index is 2.12. The summed E-state index contributed by atoms with van der Waals surface area (Å²) in [6.45, 7) is 9.91. The van der Waals surface area contributed by atoms with E-state index in [9.17, 15) is 0 Å². The molecule has 2 nitrogen and oxygen atoms in total. The van der Waals surface area contributed by atoms with Gasteiger partial charge < -0.3 is 9.33 Å². The van der Waals surface area contributed by atoms with E-state index in [1.165, 1.54) is 12.0 Å². The minimum atomic E-state index is -1.59. The molecule has 1 aliphatic rings. The highest BCUT2D eigenvalue weighted by Gasteiger charge is 2.43. The average Bonchev–Trinajstić information content (AvgIpc) is 2.28. The number of likely N-dealkylation sites (tertiary alicyclic amines) is 1.